The molecule has 0 heterocycles. The average molecular weight is 177 g/mol. The molecular formula is C10H15N3. The topological polar surface area (TPSA) is 30.3 Å². The van der Waals surface area contributed by atoms with Gasteiger partial charge in [-0.05, 0) is 19.1 Å². The predicted octanol–water partition coefficient (Wildman–Crippen LogP) is 1.89. The standard InChI is InChI=1S/C10H15N3/c1-9-4-6-10(7-5-9)13(8-11)12(2)3/h4-8,11H,1-3H3. The molecule has 0 bridgehead atoms. The molecule has 3 heteroatoms. The fourth-order valence-corrected chi connectivity index (χ4v) is 1.12. The lowest BCUT2D eigenvalue weighted by molar-refractivity contribution is 0.432. The molecule has 13 heavy (non-hydrogen) atoms. The van der Waals surface area contributed by atoms with Crippen molar-refractivity contribution in [1.29, 1.82) is 5.41 Å². The lowest BCUT2D eigenvalue weighted by Crippen LogP contribution is -2.35. The molecule has 0 aliphatic carbocycles. The van der Waals surface area contributed by atoms with Gasteiger partial charge in [0, 0.05) is 14.1 Å². The second-order valence-electron chi connectivity index (χ2n) is 3.16. The Labute approximate surface area is 79.1 Å². The molecule has 1 N–H and O–H groups in total. The summed E-state index contributed by atoms with van der Waals surface area (Å²) in [5.74, 6) is 0. The van der Waals surface area contributed by atoms with Crippen molar-refractivity contribution in [2.45, 2.75) is 6.92 Å². The van der Waals surface area contributed by atoms with Crippen LogP contribution in [0, 0.1) is 12.3 Å². The van der Waals surface area contributed by atoms with Crippen molar-refractivity contribution >= 4 is 12.0 Å². The SMILES string of the molecule is Cc1ccc(N(C=N)N(C)C)cc1. The molecule has 0 fully saturated rings. The molecule has 0 radical (unpaired) electrons. The Balaban J connectivity index is 2.92. The monoisotopic (exact) mass is 177 g/mol. The Hall–Kier alpha value is -1.35. The molecule has 3 nitrogen and oxygen atoms in total. The van der Waals surface area contributed by atoms with Crippen LogP contribution in [-0.4, -0.2) is 25.4 Å². The molecular weight excluding hydrogens is 162 g/mol. The lowest BCUT2D eigenvalue weighted by Gasteiger charge is -2.25. The number of benzene rings is 1. The molecule has 70 valence electrons. The molecule has 1 aromatic rings. The maximum absolute atomic E-state index is 7.24. The third kappa shape index (κ3) is 2.29. The summed E-state index contributed by atoms with van der Waals surface area (Å²) in [6.45, 7) is 2.05. The van der Waals surface area contributed by atoms with Gasteiger partial charge in [-0.15, -0.1) is 0 Å². The Morgan fingerprint density at radius 3 is 2.08 bits per heavy atom. The molecule has 0 saturated heterocycles. The van der Waals surface area contributed by atoms with Crippen LogP contribution in [0.25, 0.3) is 0 Å². The highest BCUT2D eigenvalue weighted by atomic mass is 15.6. The van der Waals surface area contributed by atoms with Gasteiger partial charge < -0.3 is 0 Å². The lowest BCUT2D eigenvalue weighted by atomic mass is 10.2. The Morgan fingerprint density at radius 2 is 1.69 bits per heavy atom. The van der Waals surface area contributed by atoms with Gasteiger partial charge in [-0.2, -0.15) is 0 Å². The minimum atomic E-state index is 1.01. The van der Waals surface area contributed by atoms with E-state index in [1.807, 2.05) is 50.3 Å². The Bertz CT molecular complexity index is 277. The minimum absolute atomic E-state index is 1.01. The third-order valence-electron chi connectivity index (χ3n) is 1.85. The highest BCUT2D eigenvalue weighted by Crippen LogP contribution is 2.13. The number of anilines is 1. The van der Waals surface area contributed by atoms with Crippen LogP contribution in [0.2, 0.25) is 0 Å². The summed E-state index contributed by atoms with van der Waals surface area (Å²) in [6.07, 6.45) is 1.30. The number of hydrazine groups is 1. The second kappa shape index (κ2) is 4.05. The van der Waals surface area contributed by atoms with Crippen LogP contribution in [0.4, 0.5) is 5.69 Å². The molecule has 1 rings (SSSR count). The van der Waals surface area contributed by atoms with E-state index in [2.05, 4.69) is 0 Å². The number of hydrogen-bond acceptors (Lipinski definition) is 2. The van der Waals surface area contributed by atoms with Crippen molar-refractivity contribution in [3.05, 3.63) is 29.8 Å². The van der Waals surface area contributed by atoms with Gasteiger partial charge >= 0.3 is 0 Å². The van der Waals surface area contributed by atoms with Gasteiger partial charge in [-0.1, -0.05) is 17.7 Å². The second-order valence-corrected chi connectivity index (χ2v) is 3.16. The van der Waals surface area contributed by atoms with Crippen LogP contribution in [0.5, 0.6) is 0 Å². The number of hydrogen-bond donors (Lipinski definition) is 1. The smallest absolute Gasteiger partial charge is 0.101 e. The van der Waals surface area contributed by atoms with E-state index in [0.29, 0.717) is 0 Å². The van der Waals surface area contributed by atoms with Gasteiger partial charge in [-0.25, -0.2) is 5.01 Å². The highest BCUT2D eigenvalue weighted by molar-refractivity contribution is 5.75. The zero-order chi connectivity index (χ0) is 9.84. The average Bonchev–Trinajstić information content (AvgIpc) is 2.09. The zero-order valence-electron chi connectivity index (χ0n) is 8.28. The Morgan fingerprint density at radius 1 is 1.15 bits per heavy atom. The van der Waals surface area contributed by atoms with Gasteiger partial charge in [0.15, 0.2) is 0 Å². The summed E-state index contributed by atoms with van der Waals surface area (Å²) in [5.41, 5.74) is 2.23. The number of nitrogens with zero attached hydrogens (tertiary/aromatic N) is 2. The first-order chi connectivity index (χ1) is 6.15. The maximum Gasteiger partial charge on any atom is 0.101 e. The van der Waals surface area contributed by atoms with Gasteiger partial charge in [0.05, 0.1) is 5.69 Å². The summed E-state index contributed by atoms with van der Waals surface area (Å²) >= 11 is 0. The Kier molecular flexibility index (Phi) is 3.03. The first-order valence-corrected chi connectivity index (χ1v) is 4.19. The predicted molar refractivity (Wildman–Crippen MR) is 56.1 cm³/mol. The first kappa shape index (κ1) is 9.74. The van der Waals surface area contributed by atoms with E-state index in [9.17, 15) is 0 Å². The number of nitrogens with one attached hydrogen (secondary N) is 1. The van der Waals surface area contributed by atoms with Gasteiger partial charge in [0.25, 0.3) is 0 Å². The normalized spacial score (nSPS) is 10.2. The van der Waals surface area contributed by atoms with Crippen LogP contribution in [-0.2, 0) is 0 Å². The van der Waals surface area contributed by atoms with Gasteiger partial charge in [-0.3, -0.25) is 10.4 Å². The minimum Gasteiger partial charge on any atom is -0.290 e. The van der Waals surface area contributed by atoms with Crippen molar-refractivity contribution < 1.29 is 0 Å². The van der Waals surface area contributed by atoms with E-state index >= 15 is 0 Å². The molecule has 0 unspecified atom stereocenters. The van der Waals surface area contributed by atoms with Crippen molar-refractivity contribution in [1.82, 2.24) is 5.01 Å². The molecule has 0 aromatic heterocycles. The van der Waals surface area contributed by atoms with Gasteiger partial charge in [0.2, 0.25) is 0 Å². The quantitative estimate of drug-likeness (QED) is 0.434. The molecule has 0 aliphatic heterocycles. The van der Waals surface area contributed by atoms with Crippen LogP contribution < -0.4 is 5.01 Å². The molecule has 0 spiro atoms. The van der Waals surface area contributed by atoms with E-state index in [4.69, 9.17) is 5.41 Å². The molecule has 0 saturated carbocycles. The zero-order valence-corrected chi connectivity index (χ0v) is 8.28. The summed E-state index contributed by atoms with van der Waals surface area (Å²) in [6, 6.07) is 8.07. The van der Waals surface area contributed by atoms with Crippen LogP contribution in [0.3, 0.4) is 0 Å². The van der Waals surface area contributed by atoms with Crippen molar-refractivity contribution in [3.8, 4) is 0 Å². The molecule has 0 atom stereocenters. The number of rotatable bonds is 3. The molecule has 0 aliphatic rings. The van der Waals surface area contributed by atoms with Crippen molar-refractivity contribution in [3.63, 3.8) is 0 Å². The number of aryl methyl sites for hydroxylation is 1. The highest BCUT2D eigenvalue weighted by Gasteiger charge is 2.03. The summed E-state index contributed by atoms with van der Waals surface area (Å²) in [5, 5.41) is 10.9. The largest absolute Gasteiger partial charge is 0.290 e. The fourth-order valence-electron chi connectivity index (χ4n) is 1.12. The van der Waals surface area contributed by atoms with E-state index in [-0.39, 0.29) is 0 Å². The fraction of sp³-hybridized carbons (Fsp3) is 0.300. The maximum atomic E-state index is 7.24. The van der Waals surface area contributed by atoms with Crippen molar-refractivity contribution in [2.24, 2.45) is 0 Å². The van der Waals surface area contributed by atoms with Crippen LogP contribution in [0.15, 0.2) is 24.3 Å². The van der Waals surface area contributed by atoms with Crippen LogP contribution >= 0.6 is 0 Å². The molecule has 0 amide bonds. The first-order valence-electron chi connectivity index (χ1n) is 4.19. The molecule has 1 aromatic carbocycles. The summed E-state index contributed by atoms with van der Waals surface area (Å²) in [4.78, 5) is 0. The van der Waals surface area contributed by atoms with Gasteiger partial charge in [0.1, 0.15) is 6.34 Å². The summed E-state index contributed by atoms with van der Waals surface area (Å²) < 4.78 is 0. The van der Waals surface area contributed by atoms with E-state index in [1.165, 1.54) is 11.9 Å². The van der Waals surface area contributed by atoms with Crippen molar-refractivity contribution in [2.75, 3.05) is 19.1 Å². The van der Waals surface area contributed by atoms with Crippen LogP contribution in [0.1, 0.15) is 5.56 Å². The van der Waals surface area contributed by atoms with E-state index in [0.717, 1.165) is 5.69 Å². The summed E-state index contributed by atoms with van der Waals surface area (Å²) in [7, 11) is 3.82. The van der Waals surface area contributed by atoms with E-state index < -0.39 is 0 Å². The van der Waals surface area contributed by atoms with E-state index in [1.54, 1.807) is 5.01 Å². The third-order valence-corrected chi connectivity index (χ3v) is 1.85.